The highest BCUT2D eigenvalue weighted by molar-refractivity contribution is 8.01. The highest BCUT2D eigenvalue weighted by Gasteiger charge is 2.40. The largest absolute Gasteiger partial charge is 0.347 e. The smallest absolute Gasteiger partial charge is 0.261 e. The van der Waals surface area contributed by atoms with Crippen molar-refractivity contribution in [1.82, 2.24) is 10.2 Å². The number of thiophene rings is 1. The molecular weight excluding hydrogens is 414 g/mol. The topological polar surface area (TPSA) is 92.5 Å². The molecule has 0 saturated carbocycles. The lowest BCUT2D eigenvalue weighted by molar-refractivity contribution is 0.0218. The summed E-state index contributed by atoms with van der Waals surface area (Å²) in [6.07, 6.45) is 2.31. The van der Waals surface area contributed by atoms with Crippen molar-refractivity contribution in [2.24, 2.45) is 11.1 Å². The summed E-state index contributed by atoms with van der Waals surface area (Å²) < 4.78 is 24.0. The number of hydrogen-bond donors (Lipinski definition) is 2. The van der Waals surface area contributed by atoms with Crippen molar-refractivity contribution in [3.05, 3.63) is 41.3 Å². The summed E-state index contributed by atoms with van der Waals surface area (Å²) in [7, 11) is -3.73. The van der Waals surface area contributed by atoms with Crippen molar-refractivity contribution < 1.29 is 13.2 Å². The maximum Gasteiger partial charge on any atom is 0.261 e. The van der Waals surface area contributed by atoms with Crippen molar-refractivity contribution in [2.75, 3.05) is 13.1 Å². The van der Waals surface area contributed by atoms with Crippen molar-refractivity contribution in [3.8, 4) is 0 Å². The number of carbonyl (C=O) groups is 1. The van der Waals surface area contributed by atoms with Crippen LogP contribution in [0.4, 0.5) is 0 Å². The van der Waals surface area contributed by atoms with Crippen LogP contribution in [-0.2, 0) is 10.0 Å². The van der Waals surface area contributed by atoms with Crippen LogP contribution in [0.1, 0.15) is 29.4 Å². The molecule has 3 aliphatic rings. The van der Waals surface area contributed by atoms with Gasteiger partial charge in [-0.05, 0) is 69.1 Å². The van der Waals surface area contributed by atoms with E-state index in [0.717, 1.165) is 35.0 Å². The van der Waals surface area contributed by atoms with Gasteiger partial charge in [-0.15, -0.1) is 11.3 Å². The summed E-state index contributed by atoms with van der Waals surface area (Å²) in [6, 6.07) is 10.8. The minimum absolute atomic E-state index is 0.0271. The quantitative estimate of drug-likeness (QED) is 0.750. The molecule has 1 aromatic heterocycles. The van der Waals surface area contributed by atoms with Gasteiger partial charge in [-0.25, -0.2) is 13.6 Å². The summed E-state index contributed by atoms with van der Waals surface area (Å²) in [5, 5.41) is 8.45. The Bertz CT molecular complexity index is 979. The Balaban J connectivity index is 1.44. The highest BCUT2D eigenvalue weighted by Crippen LogP contribution is 2.35. The number of sulfonamides is 1. The van der Waals surface area contributed by atoms with E-state index in [1.165, 1.54) is 29.2 Å². The second kappa shape index (κ2) is 7.79. The van der Waals surface area contributed by atoms with Crippen LogP contribution in [0.5, 0.6) is 0 Å². The van der Waals surface area contributed by atoms with Gasteiger partial charge in [0.1, 0.15) is 0 Å². The number of primary sulfonamides is 1. The number of benzene rings is 1. The number of carbonyl (C=O) groups excluding carboxylic acids is 1. The van der Waals surface area contributed by atoms with E-state index in [4.69, 9.17) is 5.14 Å². The van der Waals surface area contributed by atoms with Gasteiger partial charge in [0.2, 0.25) is 10.0 Å². The number of fused-ring (bicyclic) bond motifs is 3. The van der Waals surface area contributed by atoms with E-state index in [0.29, 0.717) is 16.8 Å². The highest BCUT2D eigenvalue weighted by atomic mass is 32.2. The van der Waals surface area contributed by atoms with Crippen LogP contribution < -0.4 is 10.5 Å². The van der Waals surface area contributed by atoms with E-state index in [1.54, 1.807) is 12.1 Å². The number of rotatable bonds is 5. The van der Waals surface area contributed by atoms with Crippen LogP contribution in [0, 0.1) is 5.92 Å². The Kier molecular flexibility index (Phi) is 5.54. The molecule has 3 aliphatic heterocycles. The number of nitrogens with one attached hydrogen (secondary N) is 1. The minimum Gasteiger partial charge on any atom is -0.347 e. The van der Waals surface area contributed by atoms with Crippen molar-refractivity contribution in [1.29, 1.82) is 0 Å². The normalized spacial score (nSPS) is 26.9. The van der Waals surface area contributed by atoms with Crippen LogP contribution in [0.15, 0.2) is 50.4 Å². The Hall–Kier alpha value is -1.39. The molecule has 5 rings (SSSR count). The number of piperidine rings is 3. The van der Waals surface area contributed by atoms with E-state index >= 15 is 0 Å². The van der Waals surface area contributed by atoms with Gasteiger partial charge in [-0.2, -0.15) is 0 Å². The molecule has 2 bridgehead atoms. The van der Waals surface area contributed by atoms with Gasteiger partial charge in [0.05, 0.1) is 14.0 Å². The molecule has 1 aromatic carbocycles. The number of nitrogens with two attached hydrogens (primary N) is 1. The standard InChI is InChI=1S/C19H23N3O3S3/c1-12-18(13-7-9-22(12)10-8-13)21-19(23)16-5-6-17(27-16)26-14-3-2-4-15(11-14)28(20,24)25/h2-6,11-13,18H,7-10H2,1H3,(H,21,23)(H2,20,24,25). The molecule has 0 spiro atoms. The lowest BCUT2D eigenvalue weighted by Gasteiger charge is -2.49. The molecule has 4 heterocycles. The molecular formula is C19H23N3O3S3. The van der Waals surface area contributed by atoms with Gasteiger partial charge in [-0.3, -0.25) is 9.69 Å². The Morgan fingerprint density at radius 3 is 2.68 bits per heavy atom. The van der Waals surface area contributed by atoms with Crippen LogP contribution in [-0.4, -0.2) is 44.4 Å². The fourth-order valence-electron chi connectivity index (χ4n) is 4.10. The molecule has 0 radical (unpaired) electrons. The van der Waals surface area contributed by atoms with Gasteiger partial charge in [0, 0.05) is 17.0 Å². The minimum atomic E-state index is -3.73. The first-order valence-corrected chi connectivity index (χ1v) is 12.4. The average molecular weight is 438 g/mol. The maximum absolute atomic E-state index is 12.8. The van der Waals surface area contributed by atoms with Crippen LogP contribution >= 0.6 is 23.1 Å². The van der Waals surface area contributed by atoms with Crippen molar-refractivity contribution >= 4 is 39.0 Å². The second-order valence-corrected chi connectivity index (χ2v) is 11.4. The van der Waals surface area contributed by atoms with Gasteiger partial charge >= 0.3 is 0 Å². The van der Waals surface area contributed by atoms with E-state index in [2.05, 4.69) is 17.1 Å². The summed E-state index contributed by atoms with van der Waals surface area (Å²) in [5.74, 6) is 0.541. The SMILES string of the molecule is CC1C(NC(=O)c2ccc(Sc3cccc(S(N)(=O)=O)c3)s2)C2CCN1CC2. The summed E-state index contributed by atoms with van der Waals surface area (Å²) in [5.41, 5.74) is 0. The predicted octanol–water partition coefficient (Wildman–Crippen LogP) is 2.76. The number of hydrogen-bond acceptors (Lipinski definition) is 6. The lowest BCUT2D eigenvalue weighted by atomic mass is 9.79. The second-order valence-electron chi connectivity index (χ2n) is 7.35. The molecule has 3 fully saturated rings. The first-order chi connectivity index (χ1) is 13.3. The third-order valence-corrected chi connectivity index (χ3v) is 8.75. The number of amides is 1. The zero-order valence-corrected chi connectivity index (χ0v) is 17.9. The zero-order valence-electron chi connectivity index (χ0n) is 15.5. The number of nitrogens with zero attached hydrogens (tertiary/aromatic N) is 1. The van der Waals surface area contributed by atoms with Gasteiger partial charge in [-0.1, -0.05) is 17.8 Å². The van der Waals surface area contributed by atoms with E-state index in [-0.39, 0.29) is 16.8 Å². The van der Waals surface area contributed by atoms with Gasteiger partial charge in [0.15, 0.2) is 0 Å². The summed E-state index contributed by atoms with van der Waals surface area (Å²) in [4.78, 5) is 16.8. The Morgan fingerprint density at radius 1 is 1.25 bits per heavy atom. The van der Waals surface area contributed by atoms with Gasteiger partial charge < -0.3 is 5.32 Å². The molecule has 2 aromatic rings. The van der Waals surface area contributed by atoms with Crippen LogP contribution in [0.25, 0.3) is 0 Å². The molecule has 0 aliphatic carbocycles. The predicted molar refractivity (Wildman–Crippen MR) is 111 cm³/mol. The average Bonchev–Trinajstić information content (AvgIpc) is 3.13. The zero-order chi connectivity index (χ0) is 19.9. The fraction of sp³-hybridized carbons (Fsp3) is 0.421. The van der Waals surface area contributed by atoms with Gasteiger partial charge in [0.25, 0.3) is 5.91 Å². The monoisotopic (exact) mass is 437 g/mol. The molecule has 1 amide bonds. The molecule has 28 heavy (non-hydrogen) atoms. The third-order valence-electron chi connectivity index (χ3n) is 5.63. The van der Waals surface area contributed by atoms with E-state index in [1.807, 2.05) is 18.2 Å². The molecule has 150 valence electrons. The van der Waals surface area contributed by atoms with Crippen LogP contribution in [0.2, 0.25) is 0 Å². The lowest BCUT2D eigenvalue weighted by Crippen LogP contribution is -2.62. The molecule has 2 atom stereocenters. The molecule has 6 nitrogen and oxygen atoms in total. The molecule has 3 N–H and O–H groups in total. The maximum atomic E-state index is 12.8. The molecule has 9 heteroatoms. The molecule has 3 saturated heterocycles. The van der Waals surface area contributed by atoms with Crippen LogP contribution in [0.3, 0.4) is 0 Å². The molecule has 2 unspecified atom stereocenters. The van der Waals surface area contributed by atoms with E-state index in [9.17, 15) is 13.2 Å². The van der Waals surface area contributed by atoms with E-state index < -0.39 is 10.0 Å². The Labute approximate surface area is 173 Å². The van der Waals surface area contributed by atoms with Crippen molar-refractivity contribution in [3.63, 3.8) is 0 Å². The Morgan fingerprint density at radius 2 is 2.00 bits per heavy atom. The summed E-state index contributed by atoms with van der Waals surface area (Å²) in [6.45, 7) is 4.47. The summed E-state index contributed by atoms with van der Waals surface area (Å²) >= 11 is 2.84. The van der Waals surface area contributed by atoms with Crippen molar-refractivity contribution in [2.45, 2.75) is 45.8 Å². The first kappa shape index (κ1) is 19.9. The fourth-order valence-corrected chi connectivity index (χ4v) is 6.80. The first-order valence-electron chi connectivity index (χ1n) is 9.27. The third kappa shape index (κ3) is 4.13.